The van der Waals surface area contributed by atoms with Gasteiger partial charge >= 0.3 is 5.97 Å². The Hall–Kier alpha value is -4.34. The van der Waals surface area contributed by atoms with Crippen molar-refractivity contribution in [2.24, 2.45) is 15.2 Å². The molecule has 0 aliphatic carbocycles. The minimum atomic E-state index is -0.742. The summed E-state index contributed by atoms with van der Waals surface area (Å²) in [6.07, 6.45) is 1.60. The van der Waals surface area contributed by atoms with Crippen LogP contribution >= 0.6 is 22.9 Å². The first-order valence-electron chi connectivity index (χ1n) is 12.1. The van der Waals surface area contributed by atoms with E-state index < -0.39 is 12.0 Å². The summed E-state index contributed by atoms with van der Waals surface area (Å²) >= 11 is 7.27. The zero-order valence-electron chi connectivity index (χ0n) is 21.0. The van der Waals surface area contributed by atoms with E-state index in [2.05, 4.69) is 15.2 Å². The van der Waals surface area contributed by atoms with Crippen LogP contribution in [0.25, 0.3) is 6.08 Å². The molecule has 2 heterocycles. The molecule has 10 heteroatoms. The molecule has 1 N–H and O–H groups in total. The van der Waals surface area contributed by atoms with Crippen LogP contribution in [0.4, 0.5) is 11.4 Å². The van der Waals surface area contributed by atoms with Crippen molar-refractivity contribution in [3.8, 4) is 5.75 Å². The lowest BCUT2D eigenvalue weighted by atomic mass is 9.96. The molecular formula is C29H23ClN4O4S. The Morgan fingerprint density at radius 2 is 1.82 bits per heavy atom. The first-order chi connectivity index (χ1) is 18.9. The first-order valence-corrected chi connectivity index (χ1v) is 13.3. The minimum Gasteiger partial charge on any atom is -0.507 e. The second-order valence-electron chi connectivity index (χ2n) is 8.63. The highest BCUT2D eigenvalue weighted by atomic mass is 35.5. The van der Waals surface area contributed by atoms with E-state index >= 15 is 0 Å². The number of rotatable bonds is 6. The number of aromatic hydroxyl groups is 1. The van der Waals surface area contributed by atoms with Crippen LogP contribution in [0, 0.1) is 0 Å². The summed E-state index contributed by atoms with van der Waals surface area (Å²) < 4.78 is 7.14. The average molecular weight is 559 g/mol. The topological polar surface area (TPSA) is 106 Å². The zero-order valence-corrected chi connectivity index (χ0v) is 22.6. The fraction of sp³-hybridized carbons (Fsp3) is 0.138. The molecule has 0 unspecified atom stereocenters. The molecule has 1 aromatic heterocycles. The zero-order chi connectivity index (χ0) is 27.5. The number of azo groups is 1. The summed E-state index contributed by atoms with van der Waals surface area (Å²) in [6.45, 7) is 3.63. The fourth-order valence-electron chi connectivity index (χ4n) is 4.22. The smallest absolute Gasteiger partial charge is 0.338 e. The highest BCUT2D eigenvalue weighted by molar-refractivity contribution is 7.07. The Bertz CT molecular complexity index is 1790. The monoisotopic (exact) mass is 558 g/mol. The van der Waals surface area contributed by atoms with Crippen molar-refractivity contribution in [1.29, 1.82) is 0 Å². The SMILES string of the molecule is CCOC(=O)C1=C(C)N=c2s/c(=C\c3ccc(N=Nc4ccccc4)cc3O)c(=O)n2[C@@H]1c1ccc(Cl)cc1. The lowest BCUT2D eigenvalue weighted by Crippen LogP contribution is -2.39. The second kappa shape index (κ2) is 11.2. The highest BCUT2D eigenvalue weighted by Crippen LogP contribution is 2.31. The molecule has 0 spiro atoms. The molecule has 0 saturated heterocycles. The predicted octanol–water partition coefficient (Wildman–Crippen LogP) is 5.57. The third-order valence-corrected chi connectivity index (χ3v) is 7.28. The number of hydrogen-bond donors (Lipinski definition) is 1. The van der Waals surface area contributed by atoms with Gasteiger partial charge in [0, 0.05) is 16.7 Å². The van der Waals surface area contributed by atoms with Crippen molar-refractivity contribution >= 4 is 46.4 Å². The van der Waals surface area contributed by atoms with E-state index in [9.17, 15) is 14.7 Å². The molecular weight excluding hydrogens is 536 g/mol. The van der Waals surface area contributed by atoms with Crippen LogP contribution in [0.5, 0.6) is 5.75 Å². The number of carbonyl (C=O) groups excluding carboxylic acids is 1. The number of allylic oxidation sites excluding steroid dienone is 1. The van der Waals surface area contributed by atoms with Gasteiger partial charge in [-0.2, -0.15) is 10.2 Å². The molecule has 5 rings (SSSR count). The quantitative estimate of drug-likeness (QED) is 0.246. The number of fused-ring (bicyclic) bond motifs is 1. The Kier molecular flexibility index (Phi) is 7.53. The summed E-state index contributed by atoms with van der Waals surface area (Å²) in [5.41, 5.74) is 2.69. The Morgan fingerprint density at radius 1 is 1.10 bits per heavy atom. The number of esters is 1. The number of aromatic nitrogens is 1. The molecule has 0 fully saturated rings. The second-order valence-corrected chi connectivity index (χ2v) is 10.1. The van der Waals surface area contributed by atoms with Crippen LogP contribution < -0.4 is 14.9 Å². The van der Waals surface area contributed by atoms with Gasteiger partial charge in [-0.05, 0) is 61.9 Å². The number of phenols is 1. The van der Waals surface area contributed by atoms with E-state index in [0.29, 0.717) is 42.6 Å². The van der Waals surface area contributed by atoms with Gasteiger partial charge in [0.2, 0.25) is 0 Å². The number of carbonyl (C=O) groups is 1. The molecule has 0 saturated carbocycles. The minimum absolute atomic E-state index is 0.0528. The molecule has 1 aliphatic heterocycles. The van der Waals surface area contributed by atoms with Gasteiger partial charge in [-0.1, -0.05) is 53.3 Å². The van der Waals surface area contributed by atoms with Crippen molar-refractivity contribution in [3.05, 3.63) is 120 Å². The third-order valence-electron chi connectivity index (χ3n) is 6.04. The van der Waals surface area contributed by atoms with Gasteiger partial charge in [-0.3, -0.25) is 9.36 Å². The van der Waals surface area contributed by atoms with Crippen LogP contribution in [0.15, 0.2) is 104 Å². The highest BCUT2D eigenvalue weighted by Gasteiger charge is 2.33. The molecule has 4 aromatic rings. The summed E-state index contributed by atoms with van der Waals surface area (Å²) in [4.78, 5) is 31.7. The largest absolute Gasteiger partial charge is 0.507 e. The van der Waals surface area contributed by atoms with E-state index in [1.807, 2.05) is 30.3 Å². The molecule has 8 nitrogen and oxygen atoms in total. The maximum absolute atomic E-state index is 13.7. The van der Waals surface area contributed by atoms with E-state index in [1.54, 1.807) is 56.3 Å². The fourth-order valence-corrected chi connectivity index (χ4v) is 5.38. The van der Waals surface area contributed by atoms with Crippen LogP contribution in [0.2, 0.25) is 5.02 Å². The van der Waals surface area contributed by atoms with Gasteiger partial charge in [-0.15, -0.1) is 0 Å². The van der Waals surface area contributed by atoms with E-state index in [4.69, 9.17) is 16.3 Å². The summed E-state index contributed by atoms with van der Waals surface area (Å²) in [5.74, 6) is -0.589. The number of ether oxygens (including phenoxy) is 1. The maximum atomic E-state index is 13.7. The summed E-state index contributed by atoms with van der Waals surface area (Å²) in [5, 5.41) is 19.5. The van der Waals surface area contributed by atoms with Crippen molar-refractivity contribution in [2.75, 3.05) is 6.61 Å². The number of hydrogen-bond acceptors (Lipinski definition) is 8. The molecule has 3 aromatic carbocycles. The molecule has 196 valence electrons. The summed E-state index contributed by atoms with van der Waals surface area (Å²) in [7, 11) is 0. The van der Waals surface area contributed by atoms with Crippen LogP contribution in [-0.4, -0.2) is 22.2 Å². The molecule has 0 amide bonds. The predicted molar refractivity (Wildman–Crippen MR) is 151 cm³/mol. The van der Waals surface area contributed by atoms with Gasteiger partial charge in [0.25, 0.3) is 5.56 Å². The van der Waals surface area contributed by atoms with Gasteiger partial charge in [0.05, 0.1) is 39.8 Å². The van der Waals surface area contributed by atoms with Gasteiger partial charge in [-0.25, -0.2) is 9.79 Å². The number of thiazole rings is 1. The Balaban J connectivity index is 1.58. The Morgan fingerprint density at radius 3 is 2.51 bits per heavy atom. The normalized spacial score (nSPS) is 15.4. The van der Waals surface area contributed by atoms with Crippen molar-refractivity contribution in [1.82, 2.24) is 4.57 Å². The van der Waals surface area contributed by atoms with Crippen LogP contribution in [0.1, 0.15) is 31.0 Å². The van der Waals surface area contributed by atoms with E-state index in [0.717, 1.165) is 0 Å². The standard InChI is InChI=1S/C29H23ClN4O4S/c1-3-38-28(37)25-17(2)31-29-34(26(25)18-9-12-20(30)13-10-18)27(36)24(39-29)15-19-11-14-22(16-23(19)35)33-32-21-7-5-4-6-8-21/h4-16,26,35H,3H2,1-2H3/b24-15-,33-32?/t26-/m1/s1. The molecule has 0 bridgehead atoms. The van der Waals surface area contributed by atoms with Crippen molar-refractivity contribution in [3.63, 3.8) is 0 Å². The molecule has 1 aliphatic rings. The summed E-state index contributed by atoms with van der Waals surface area (Å²) in [6, 6.07) is 20.3. The van der Waals surface area contributed by atoms with Gasteiger partial charge in [0.15, 0.2) is 4.80 Å². The van der Waals surface area contributed by atoms with Crippen LogP contribution in [-0.2, 0) is 9.53 Å². The lowest BCUT2D eigenvalue weighted by Gasteiger charge is -2.24. The van der Waals surface area contributed by atoms with Crippen molar-refractivity contribution in [2.45, 2.75) is 19.9 Å². The molecule has 1 atom stereocenters. The van der Waals surface area contributed by atoms with Gasteiger partial charge in [0.1, 0.15) is 5.75 Å². The first kappa shape index (κ1) is 26.3. The number of benzene rings is 3. The molecule has 0 radical (unpaired) electrons. The average Bonchev–Trinajstić information content (AvgIpc) is 3.23. The number of phenolic OH excluding ortho intramolecular Hbond substituents is 1. The third kappa shape index (κ3) is 5.45. The van der Waals surface area contributed by atoms with E-state index in [1.165, 1.54) is 22.0 Å². The van der Waals surface area contributed by atoms with Crippen LogP contribution in [0.3, 0.4) is 0 Å². The maximum Gasteiger partial charge on any atom is 0.338 e. The lowest BCUT2D eigenvalue weighted by molar-refractivity contribution is -0.139. The number of halogens is 1. The van der Waals surface area contributed by atoms with Crippen molar-refractivity contribution < 1.29 is 14.6 Å². The molecule has 39 heavy (non-hydrogen) atoms. The van der Waals surface area contributed by atoms with E-state index in [-0.39, 0.29) is 23.5 Å². The number of nitrogens with zero attached hydrogens (tertiary/aromatic N) is 4. The van der Waals surface area contributed by atoms with Gasteiger partial charge < -0.3 is 9.84 Å². The Labute approximate surface area is 232 Å².